The Morgan fingerprint density at radius 3 is 2.95 bits per heavy atom. The number of rotatable bonds is 5. The van der Waals surface area contributed by atoms with Crippen LogP contribution in [0.1, 0.15) is 31.3 Å². The van der Waals surface area contributed by atoms with Gasteiger partial charge in [-0.05, 0) is 19.4 Å². The van der Waals surface area contributed by atoms with E-state index in [2.05, 4.69) is 15.3 Å². The van der Waals surface area contributed by atoms with Gasteiger partial charge in [0.1, 0.15) is 5.82 Å². The van der Waals surface area contributed by atoms with Gasteiger partial charge < -0.3 is 0 Å². The smallest absolute Gasteiger partial charge is 0.246 e. The number of amides is 2. The maximum Gasteiger partial charge on any atom is 0.246 e. The number of nitrogens with zero attached hydrogens (tertiary/aromatic N) is 3. The third-order valence-corrected chi connectivity index (χ3v) is 3.05. The second kappa shape index (κ2) is 5.88. The number of imide groups is 1. The summed E-state index contributed by atoms with van der Waals surface area (Å²) >= 11 is 0. The van der Waals surface area contributed by atoms with Crippen LogP contribution >= 0.6 is 0 Å². The SMILES string of the molecule is CCCN1C(=O)CC(NCc2ccnc(C)n2)C1=O. The highest BCUT2D eigenvalue weighted by Gasteiger charge is 2.37. The number of aryl methyl sites for hydroxylation is 1. The highest BCUT2D eigenvalue weighted by Crippen LogP contribution is 2.13. The average Bonchev–Trinajstić information content (AvgIpc) is 2.65. The van der Waals surface area contributed by atoms with Gasteiger partial charge >= 0.3 is 0 Å². The zero-order valence-corrected chi connectivity index (χ0v) is 11.2. The summed E-state index contributed by atoms with van der Waals surface area (Å²) < 4.78 is 0. The highest BCUT2D eigenvalue weighted by atomic mass is 16.2. The lowest BCUT2D eigenvalue weighted by atomic mass is 10.2. The van der Waals surface area contributed by atoms with Gasteiger partial charge in [0.25, 0.3) is 0 Å². The molecule has 1 saturated heterocycles. The first-order chi connectivity index (χ1) is 9.11. The van der Waals surface area contributed by atoms with E-state index in [1.807, 2.05) is 13.8 Å². The molecule has 0 spiro atoms. The van der Waals surface area contributed by atoms with Gasteiger partial charge in [-0.15, -0.1) is 0 Å². The van der Waals surface area contributed by atoms with Crippen molar-refractivity contribution in [2.75, 3.05) is 6.54 Å². The molecule has 6 heteroatoms. The minimum Gasteiger partial charge on any atom is -0.300 e. The lowest BCUT2D eigenvalue weighted by Gasteiger charge is -2.14. The van der Waals surface area contributed by atoms with Crippen molar-refractivity contribution in [2.45, 2.75) is 39.3 Å². The van der Waals surface area contributed by atoms with Gasteiger partial charge in [-0.25, -0.2) is 9.97 Å². The fourth-order valence-corrected chi connectivity index (χ4v) is 2.13. The van der Waals surface area contributed by atoms with Crippen molar-refractivity contribution in [3.8, 4) is 0 Å². The second-order valence-corrected chi connectivity index (χ2v) is 4.62. The lowest BCUT2D eigenvalue weighted by Crippen LogP contribution is -2.38. The summed E-state index contributed by atoms with van der Waals surface area (Å²) in [5.74, 6) is 0.474. The van der Waals surface area contributed by atoms with Gasteiger partial charge in [0.15, 0.2) is 0 Å². The molecule has 1 N–H and O–H groups in total. The normalized spacial score (nSPS) is 19.3. The van der Waals surface area contributed by atoms with Crippen LogP contribution in [0.5, 0.6) is 0 Å². The molecule has 2 amide bonds. The van der Waals surface area contributed by atoms with E-state index in [0.717, 1.165) is 12.1 Å². The number of hydrogen-bond donors (Lipinski definition) is 1. The Balaban J connectivity index is 1.94. The summed E-state index contributed by atoms with van der Waals surface area (Å²) in [5, 5.41) is 3.09. The Hall–Kier alpha value is -1.82. The van der Waals surface area contributed by atoms with E-state index in [9.17, 15) is 9.59 Å². The number of hydrogen-bond acceptors (Lipinski definition) is 5. The van der Waals surface area contributed by atoms with E-state index < -0.39 is 6.04 Å². The van der Waals surface area contributed by atoms with E-state index in [-0.39, 0.29) is 18.2 Å². The quantitative estimate of drug-likeness (QED) is 0.778. The van der Waals surface area contributed by atoms with Crippen LogP contribution in [0.2, 0.25) is 0 Å². The predicted molar refractivity (Wildman–Crippen MR) is 69.0 cm³/mol. The molecule has 1 aromatic rings. The fourth-order valence-electron chi connectivity index (χ4n) is 2.13. The van der Waals surface area contributed by atoms with Gasteiger partial charge in [-0.1, -0.05) is 6.92 Å². The van der Waals surface area contributed by atoms with Crippen molar-refractivity contribution in [3.63, 3.8) is 0 Å². The first kappa shape index (κ1) is 13.6. The van der Waals surface area contributed by atoms with Crippen LogP contribution in [0.3, 0.4) is 0 Å². The number of aromatic nitrogens is 2. The molecule has 0 aromatic carbocycles. The van der Waals surface area contributed by atoms with Crippen molar-refractivity contribution < 1.29 is 9.59 Å². The second-order valence-electron chi connectivity index (χ2n) is 4.62. The van der Waals surface area contributed by atoms with Gasteiger partial charge in [0, 0.05) is 19.3 Å². The van der Waals surface area contributed by atoms with Gasteiger partial charge in [-0.3, -0.25) is 19.8 Å². The average molecular weight is 262 g/mol. The number of carbonyl (C=O) groups is 2. The van der Waals surface area contributed by atoms with E-state index in [1.54, 1.807) is 12.3 Å². The fraction of sp³-hybridized carbons (Fsp3) is 0.538. The highest BCUT2D eigenvalue weighted by molar-refractivity contribution is 6.05. The summed E-state index contributed by atoms with van der Waals surface area (Å²) in [6.07, 6.45) is 2.71. The largest absolute Gasteiger partial charge is 0.300 e. The van der Waals surface area contributed by atoms with Crippen LogP contribution in [0.15, 0.2) is 12.3 Å². The molecule has 102 valence electrons. The summed E-state index contributed by atoms with van der Waals surface area (Å²) in [7, 11) is 0. The molecule has 0 radical (unpaired) electrons. The predicted octanol–water partition coefficient (Wildman–Crippen LogP) is 0.412. The molecule has 6 nitrogen and oxygen atoms in total. The maximum atomic E-state index is 12.0. The Morgan fingerprint density at radius 1 is 1.47 bits per heavy atom. The molecule has 0 bridgehead atoms. The topological polar surface area (TPSA) is 75.2 Å². The third kappa shape index (κ3) is 3.14. The van der Waals surface area contributed by atoms with Gasteiger partial charge in [-0.2, -0.15) is 0 Å². The Bertz CT molecular complexity index is 489. The van der Waals surface area contributed by atoms with Crippen molar-refractivity contribution in [2.24, 2.45) is 0 Å². The van der Waals surface area contributed by atoms with Crippen molar-refractivity contribution >= 4 is 11.8 Å². The summed E-state index contributed by atoms with van der Waals surface area (Å²) in [6, 6.07) is 1.37. The molecule has 1 aliphatic rings. The molecule has 1 fully saturated rings. The molecule has 0 aliphatic carbocycles. The molecular formula is C13H18N4O2. The van der Waals surface area contributed by atoms with Gasteiger partial charge in [0.05, 0.1) is 18.2 Å². The molecule has 2 heterocycles. The molecule has 19 heavy (non-hydrogen) atoms. The molecule has 2 rings (SSSR count). The van der Waals surface area contributed by atoms with Crippen LogP contribution in [0.25, 0.3) is 0 Å². The van der Waals surface area contributed by atoms with Crippen molar-refractivity contribution in [3.05, 3.63) is 23.8 Å². The molecule has 1 aromatic heterocycles. The molecule has 0 saturated carbocycles. The van der Waals surface area contributed by atoms with Crippen LogP contribution in [0, 0.1) is 6.92 Å². The number of carbonyl (C=O) groups excluding carboxylic acids is 2. The Kier molecular flexibility index (Phi) is 4.21. The monoisotopic (exact) mass is 262 g/mol. The standard InChI is InChI=1S/C13H18N4O2/c1-3-6-17-12(18)7-11(13(17)19)15-8-10-4-5-14-9(2)16-10/h4-5,11,15H,3,6-8H2,1-2H3. The van der Waals surface area contributed by atoms with Crippen LogP contribution in [0.4, 0.5) is 0 Å². The molecule has 1 aliphatic heterocycles. The minimum absolute atomic E-state index is 0.0942. The Morgan fingerprint density at radius 2 is 2.26 bits per heavy atom. The summed E-state index contributed by atoms with van der Waals surface area (Å²) in [5.41, 5.74) is 0.821. The number of likely N-dealkylation sites (tertiary alicyclic amines) is 1. The lowest BCUT2D eigenvalue weighted by molar-refractivity contribution is -0.138. The maximum absolute atomic E-state index is 12.0. The molecule has 1 unspecified atom stereocenters. The van der Waals surface area contributed by atoms with E-state index in [1.165, 1.54) is 4.90 Å². The van der Waals surface area contributed by atoms with E-state index in [0.29, 0.717) is 18.9 Å². The summed E-state index contributed by atoms with van der Waals surface area (Å²) in [4.78, 5) is 33.3. The zero-order chi connectivity index (χ0) is 13.8. The molecule has 1 atom stereocenters. The molecular weight excluding hydrogens is 244 g/mol. The first-order valence-corrected chi connectivity index (χ1v) is 6.48. The van der Waals surface area contributed by atoms with Crippen molar-refractivity contribution in [1.29, 1.82) is 0 Å². The third-order valence-electron chi connectivity index (χ3n) is 3.05. The van der Waals surface area contributed by atoms with E-state index in [4.69, 9.17) is 0 Å². The first-order valence-electron chi connectivity index (χ1n) is 6.48. The van der Waals surface area contributed by atoms with Crippen LogP contribution in [-0.4, -0.2) is 39.3 Å². The summed E-state index contributed by atoms with van der Waals surface area (Å²) in [6.45, 7) is 4.73. The van der Waals surface area contributed by atoms with Gasteiger partial charge in [0.2, 0.25) is 11.8 Å². The van der Waals surface area contributed by atoms with E-state index >= 15 is 0 Å². The zero-order valence-electron chi connectivity index (χ0n) is 11.2. The Labute approximate surface area is 112 Å². The van der Waals surface area contributed by atoms with Crippen LogP contribution < -0.4 is 5.32 Å². The number of nitrogens with one attached hydrogen (secondary N) is 1. The van der Waals surface area contributed by atoms with Crippen LogP contribution in [-0.2, 0) is 16.1 Å². The van der Waals surface area contributed by atoms with Crippen molar-refractivity contribution in [1.82, 2.24) is 20.2 Å². The minimum atomic E-state index is -0.422.